The molecule has 0 saturated heterocycles. The smallest absolute Gasteiger partial charge is 0.250 e. The lowest BCUT2D eigenvalue weighted by Gasteiger charge is -2.09. The predicted octanol–water partition coefficient (Wildman–Crippen LogP) is 4.43. The first-order valence-electron chi connectivity index (χ1n) is 9.93. The zero-order valence-electron chi connectivity index (χ0n) is 16.8. The van der Waals surface area contributed by atoms with Crippen LogP contribution in [0.25, 0.3) is 11.0 Å². The number of fused-ring (bicyclic) bond motifs is 1. The number of ether oxygens (including phenoxy) is 1. The average Bonchev–Trinajstić information content (AvgIpc) is 3.23. The van der Waals surface area contributed by atoms with Gasteiger partial charge >= 0.3 is 0 Å². The van der Waals surface area contributed by atoms with Gasteiger partial charge in [-0.1, -0.05) is 66.4 Å². The summed E-state index contributed by atoms with van der Waals surface area (Å²) in [6.45, 7) is 0.565. The number of hydrogen-bond donors (Lipinski definition) is 2. The molecule has 0 aliphatic heterocycles. The van der Waals surface area contributed by atoms with Crippen LogP contribution in [0.1, 0.15) is 11.1 Å². The lowest BCUT2D eigenvalue weighted by molar-refractivity contribution is -0.118. The van der Waals surface area contributed by atoms with Crippen molar-refractivity contribution in [2.75, 3.05) is 12.4 Å². The molecule has 0 spiro atoms. The van der Waals surface area contributed by atoms with Crippen molar-refractivity contribution >= 4 is 34.9 Å². The van der Waals surface area contributed by atoms with Crippen molar-refractivity contribution < 1.29 is 9.53 Å². The molecule has 0 atom stereocenters. The zero-order chi connectivity index (χ0) is 21.3. The molecule has 1 amide bonds. The fourth-order valence-corrected chi connectivity index (χ4v) is 3.66. The lowest BCUT2D eigenvalue weighted by atomic mass is 10.2. The number of hydrogen-bond acceptors (Lipinski definition) is 5. The van der Waals surface area contributed by atoms with Gasteiger partial charge in [-0.25, -0.2) is 10.4 Å². The van der Waals surface area contributed by atoms with Crippen LogP contribution in [0.15, 0.2) is 89.1 Å². The van der Waals surface area contributed by atoms with Crippen LogP contribution < -0.4 is 10.2 Å². The Balaban J connectivity index is 1.26. The van der Waals surface area contributed by atoms with Gasteiger partial charge in [0.15, 0.2) is 5.16 Å². The number of H-pyrrole nitrogens is 1. The van der Waals surface area contributed by atoms with Crippen LogP contribution in [0.3, 0.4) is 0 Å². The molecule has 1 heterocycles. The summed E-state index contributed by atoms with van der Waals surface area (Å²) in [5.41, 5.74) is 6.42. The van der Waals surface area contributed by atoms with E-state index in [0.29, 0.717) is 11.8 Å². The summed E-state index contributed by atoms with van der Waals surface area (Å²) in [6, 6.07) is 25.6. The zero-order valence-corrected chi connectivity index (χ0v) is 17.6. The largest absolute Gasteiger partial charge is 0.493 e. The van der Waals surface area contributed by atoms with Crippen LogP contribution >= 0.6 is 11.8 Å². The fraction of sp³-hybridized carbons (Fsp3) is 0.125. The van der Waals surface area contributed by atoms with Crippen LogP contribution in [0.5, 0.6) is 5.75 Å². The molecule has 0 bridgehead atoms. The van der Waals surface area contributed by atoms with Crippen molar-refractivity contribution in [1.82, 2.24) is 15.4 Å². The number of hydrazone groups is 1. The maximum absolute atomic E-state index is 12.1. The minimum absolute atomic E-state index is 0.204. The van der Waals surface area contributed by atoms with Gasteiger partial charge in [-0.15, -0.1) is 0 Å². The predicted molar refractivity (Wildman–Crippen MR) is 125 cm³/mol. The second-order valence-electron chi connectivity index (χ2n) is 6.76. The third kappa shape index (κ3) is 5.96. The van der Waals surface area contributed by atoms with Crippen molar-refractivity contribution in [3.05, 3.63) is 90.0 Å². The highest BCUT2D eigenvalue weighted by Crippen LogP contribution is 2.19. The summed E-state index contributed by atoms with van der Waals surface area (Å²) in [7, 11) is 0. The van der Waals surface area contributed by atoms with Crippen LogP contribution in [-0.4, -0.2) is 34.4 Å². The molecule has 0 unspecified atom stereocenters. The van der Waals surface area contributed by atoms with Crippen molar-refractivity contribution in [3.63, 3.8) is 0 Å². The van der Waals surface area contributed by atoms with Gasteiger partial charge in [0.2, 0.25) is 0 Å². The molecular weight excluding hydrogens is 408 g/mol. The standard InChI is InChI=1S/C24H22N4O2S/c29-23(17-31-24-26-20-11-5-6-12-21(20)27-24)28-25-16-19-10-4-7-13-22(19)30-15-14-18-8-2-1-3-9-18/h1-13,16H,14-15,17H2,(H,26,27)(H,28,29)/b25-16+. The first-order valence-corrected chi connectivity index (χ1v) is 10.9. The number of para-hydroxylation sites is 3. The average molecular weight is 431 g/mol. The van der Waals surface area contributed by atoms with Crippen molar-refractivity contribution in [1.29, 1.82) is 0 Å². The van der Waals surface area contributed by atoms with E-state index in [1.165, 1.54) is 17.3 Å². The van der Waals surface area contributed by atoms with E-state index in [1.54, 1.807) is 6.21 Å². The first kappa shape index (κ1) is 20.7. The molecule has 1 aromatic heterocycles. The Morgan fingerprint density at radius 3 is 2.68 bits per heavy atom. The van der Waals surface area contributed by atoms with Gasteiger partial charge in [0.05, 0.1) is 29.6 Å². The normalized spacial score (nSPS) is 11.1. The van der Waals surface area contributed by atoms with Crippen LogP contribution in [-0.2, 0) is 11.2 Å². The topological polar surface area (TPSA) is 79.4 Å². The van der Waals surface area contributed by atoms with Crippen LogP contribution in [0.4, 0.5) is 0 Å². The number of carbonyl (C=O) groups excluding carboxylic acids is 1. The monoisotopic (exact) mass is 430 g/mol. The molecule has 0 aliphatic carbocycles. The SMILES string of the molecule is O=C(CSc1nc2ccccc2[nH]1)N/N=C/c1ccccc1OCCc1ccccc1. The quantitative estimate of drug-likeness (QED) is 0.234. The number of rotatable bonds is 9. The number of aromatic amines is 1. The van der Waals surface area contributed by atoms with Gasteiger partial charge in [-0.2, -0.15) is 5.10 Å². The summed E-state index contributed by atoms with van der Waals surface area (Å²) < 4.78 is 5.91. The summed E-state index contributed by atoms with van der Waals surface area (Å²) in [6.07, 6.45) is 2.42. The molecular formula is C24H22N4O2S. The Kier molecular flexibility index (Phi) is 6.97. The van der Waals surface area contributed by atoms with Gasteiger partial charge < -0.3 is 9.72 Å². The molecule has 156 valence electrons. The lowest BCUT2D eigenvalue weighted by Crippen LogP contribution is -2.19. The molecule has 31 heavy (non-hydrogen) atoms. The van der Waals surface area contributed by atoms with E-state index in [1.807, 2.05) is 66.7 Å². The first-order chi connectivity index (χ1) is 15.3. The molecule has 0 saturated carbocycles. The Bertz CT molecular complexity index is 1140. The maximum atomic E-state index is 12.1. The molecule has 6 nitrogen and oxygen atoms in total. The van der Waals surface area contributed by atoms with E-state index in [4.69, 9.17) is 4.74 Å². The highest BCUT2D eigenvalue weighted by atomic mass is 32.2. The van der Waals surface area contributed by atoms with Gasteiger partial charge in [-0.05, 0) is 29.8 Å². The number of benzene rings is 3. The molecule has 3 aromatic carbocycles. The number of thioether (sulfide) groups is 1. The minimum atomic E-state index is -0.204. The third-order valence-electron chi connectivity index (χ3n) is 4.51. The Morgan fingerprint density at radius 1 is 1.03 bits per heavy atom. The molecule has 4 rings (SSSR count). The summed E-state index contributed by atoms with van der Waals surface area (Å²) in [5, 5.41) is 4.78. The minimum Gasteiger partial charge on any atom is -0.493 e. The molecule has 0 radical (unpaired) electrons. The second kappa shape index (κ2) is 10.4. The highest BCUT2D eigenvalue weighted by Gasteiger charge is 2.06. The van der Waals surface area contributed by atoms with Gasteiger partial charge in [0.25, 0.3) is 5.91 Å². The Hall–Kier alpha value is -3.58. The van der Waals surface area contributed by atoms with Crippen molar-refractivity contribution in [3.8, 4) is 5.75 Å². The number of carbonyl (C=O) groups is 1. The molecule has 0 fully saturated rings. The van der Waals surface area contributed by atoms with Crippen LogP contribution in [0, 0.1) is 0 Å². The van der Waals surface area contributed by atoms with Gasteiger partial charge in [-0.3, -0.25) is 4.79 Å². The number of amides is 1. The van der Waals surface area contributed by atoms with Crippen molar-refractivity contribution in [2.45, 2.75) is 11.6 Å². The number of imidazole rings is 1. The third-order valence-corrected chi connectivity index (χ3v) is 5.38. The van der Waals surface area contributed by atoms with E-state index >= 15 is 0 Å². The van der Waals surface area contributed by atoms with E-state index in [-0.39, 0.29) is 11.7 Å². The molecule has 7 heteroatoms. The van der Waals surface area contributed by atoms with Gasteiger partial charge in [0, 0.05) is 12.0 Å². The van der Waals surface area contributed by atoms with E-state index in [0.717, 1.165) is 28.8 Å². The number of nitrogens with one attached hydrogen (secondary N) is 2. The summed E-state index contributed by atoms with van der Waals surface area (Å²) >= 11 is 1.34. The Labute approximate surface area is 184 Å². The summed E-state index contributed by atoms with van der Waals surface area (Å²) in [5.74, 6) is 0.740. The fourth-order valence-electron chi connectivity index (χ4n) is 2.98. The second-order valence-corrected chi connectivity index (χ2v) is 7.73. The molecule has 4 aromatic rings. The molecule has 0 aliphatic rings. The van der Waals surface area contributed by atoms with E-state index < -0.39 is 0 Å². The highest BCUT2D eigenvalue weighted by molar-refractivity contribution is 7.99. The Morgan fingerprint density at radius 2 is 1.81 bits per heavy atom. The number of aromatic nitrogens is 2. The van der Waals surface area contributed by atoms with E-state index in [9.17, 15) is 4.79 Å². The van der Waals surface area contributed by atoms with Crippen molar-refractivity contribution in [2.24, 2.45) is 5.10 Å². The van der Waals surface area contributed by atoms with Crippen LogP contribution in [0.2, 0.25) is 0 Å². The van der Waals surface area contributed by atoms with Gasteiger partial charge in [0.1, 0.15) is 5.75 Å². The summed E-state index contributed by atoms with van der Waals surface area (Å²) in [4.78, 5) is 19.8. The molecule has 2 N–H and O–H groups in total. The maximum Gasteiger partial charge on any atom is 0.250 e. The van der Waals surface area contributed by atoms with E-state index in [2.05, 4.69) is 32.6 Å². The number of nitrogens with zero attached hydrogens (tertiary/aromatic N) is 2.